The van der Waals surface area contributed by atoms with E-state index in [0.717, 1.165) is 6.54 Å². The summed E-state index contributed by atoms with van der Waals surface area (Å²) < 4.78 is 4.99. The van der Waals surface area contributed by atoms with Crippen molar-refractivity contribution < 1.29 is 4.74 Å². The topological polar surface area (TPSA) is 47.6 Å². The summed E-state index contributed by atoms with van der Waals surface area (Å²) in [6.07, 6.45) is -0.0613. The molecule has 0 amide bonds. The minimum Gasteiger partial charge on any atom is -0.385 e. The number of rotatable bonds is 4. The zero-order valence-corrected chi connectivity index (χ0v) is 7.79. The number of methoxy groups -OCH3 is 1. The van der Waals surface area contributed by atoms with E-state index in [9.17, 15) is 0 Å². The van der Waals surface area contributed by atoms with Crippen molar-refractivity contribution in [3.63, 3.8) is 0 Å². The van der Waals surface area contributed by atoms with Gasteiger partial charge in [0, 0.05) is 13.7 Å². The van der Waals surface area contributed by atoms with Crippen LogP contribution in [0.15, 0.2) is 4.99 Å². The van der Waals surface area contributed by atoms with Crippen LogP contribution in [0.3, 0.4) is 0 Å². The van der Waals surface area contributed by atoms with Crippen LogP contribution in [-0.2, 0) is 4.74 Å². The molecule has 0 aromatic rings. The fourth-order valence-electron chi connectivity index (χ4n) is 0.537. The first-order chi connectivity index (χ1) is 5.07. The third-order valence-corrected chi connectivity index (χ3v) is 1.41. The summed E-state index contributed by atoms with van der Waals surface area (Å²) in [5.74, 6) is 1.14. The van der Waals surface area contributed by atoms with E-state index in [1.165, 1.54) is 0 Å². The lowest BCUT2D eigenvalue weighted by molar-refractivity contribution is 0.169. The number of ether oxygens (including phenoxy) is 1. The second-order valence-electron chi connectivity index (χ2n) is 3.04. The van der Waals surface area contributed by atoms with Crippen molar-refractivity contribution in [3.05, 3.63) is 0 Å². The quantitative estimate of drug-likeness (QED) is 0.491. The number of hydrogen-bond donors (Lipinski definition) is 1. The molecule has 0 aromatic carbocycles. The summed E-state index contributed by atoms with van der Waals surface area (Å²) >= 11 is 0. The number of nitrogens with zero attached hydrogens (tertiary/aromatic N) is 1. The summed E-state index contributed by atoms with van der Waals surface area (Å²) in [4.78, 5) is 4.16. The van der Waals surface area contributed by atoms with Crippen LogP contribution in [0.4, 0.5) is 0 Å². The lowest BCUT2D eigenvalue weighted by atomic mass is 10.2. The fourth-order valence-corrected chi connectivity index (χ4v) is 0.537. The normalized spacial score (nSPS) is 15.5. The summed E-state index contributed by atoms with van der Waals surface area (Å²) in [7, 11) is 1.63. The predicted molar refractivity (Wildman–Crippen MR) is 47.8 cm³/mol. The molecule has 0 rings (SSSR count). The largest absolute Gasteiger partial charge is 0.385 e. The average molecular weight is 158 g/mol. The molecule has 0 heterocycles. The molecule has 1 unspecified atom stereocenters. The Bertz CT molecular complexity index is 132. The van der Waals surface area contributed by atoms with Crippen molar-refractivity contribution in [1.82, 2.24) is 0 Å². The molecule has 3 nitrogen and oxygen atoms in total. The molecule has 0 saturated heterocycles. The third-order valence-electron chi connectivity index (χ3n) is 1.41. The number of hydrogen-bond acceptors (Lipinski definition) is 2. The van der Waals surface area contributed by atoms with Gasteiger partial charge in [0.2, 0.25) is 0 Å². The predicted octanol–water partition coefficient (Wildman–Crippen LogP) is 1.03. The molecule has 0 spiro atoms. The molecular formula is C8H18N2O. The highest BCUT2D eigenvalue weighted by atomic mass is 16.5. The van der Waals surface area contributed by atoms with E-state index in [-0.39, 0.29) is 6.10 Å². The molecule has 0 aromatic heterocycles. The zero-order valence-electron chi connectivity index (χ0n) is 7.79. The van der Waals surface area contributed by atoms with E-state index in [1.54, 1.807) is 7.11 Å². The van der Waals surface area contributed by atoms with Gasteiger partial charge in [-0.25, -0.2) is 0 Å². The molecule has 0 saturated carbocycles. The van der Waals surface area contributed by atoms with Gasteiger partial charge in [0.25, 0.3) is 0 Å². The van der Waals surface area contributed by atoms with Crippen LogP contribution < -0.4 is 5.73 Å². The third kappa shape index (κ3) is 4.79. The van der Waals surface area contributed by atoms with Gasteiger partial charge < -0.3 is 10.5 Å². The van der Waals surface area contributed by atoms with Crippen LogP contribution in [0.2, 0.25) is 0 Å². The van der Waals surface area contributed by atoms with Gasteiger partial charge in [0.1, 0.15) is 11.9 Å². The van der Waals surface area contributed by atoms with Crippen molar-refractivity contribution in [2.75, 3.05) is 13.7 Å². The van der Waals surface area contributed by atoms with Crippen LogP contribution in [0.1, 0.15) is 20.8 Å². The Kier molecular flexibility index (Phi) is 4.86. The van der Waals surface area contributed by atoms with Crippen LogP contribution in [0.25, 0.3) is 0 Å². The Balaban J connectivity index is 3.79. The first kappa shape index (κ1) is 10.4. The smallest absolute Gasteiger partial charge is 0.123 e. The van der Waals surface area contributed by atoms with Gasteiger partial charge in [-0.1, -0.05) is 13.8 Å². The van der Waals surface area contributed by atoms with Gasteiger partial charge in [-0.05, 0) is 12.8 Å². The molecular weight excluding hydrogens is 140 g/mol. The van der Waals surface area contributed by atoms with Crippen LogP contribution in [0, 0.1) is 5.92 Å². The summed E-state index contributed by atoms with van der Waals surface area (Å²) in [6.45, 7) is 6.88. The van der Waals surface area contributed by atoms with Gasteiger partial charge in [-0.3, -0.25) is 4.99 Å². The van der Waals surface area contributed by atoms with Crippen LogP contribution >= 0.6 is 0 Å². The van der Waals surface area contributed by atoms with Gasteiger partial charge >= 0.3 is 0 Å². The Labute approximate surface area is 68.6 Å². The monoisotopic (exact) mass is 158 g/mol. The van der Waals surface area contributed by atoms with E-state index in [4.69, 9.17) is 10.5 Å². The highest BCUT2D eigenvalue weighted by Gasteiger charge is 2.03. The van der Waals surface area contributed by atoms with Crippen molar-refractivity contribution >= 4 is 5.84 Å². The van der Waals surface area contributed by atoms with E-state index < -0.39 is 0 Å². The molecule has 3 heteroatoms. The molecule has 1 atom stereocenters. The lowest BCUT2D eigenvalue weighted by Crippen LogP contribution is -2.28. The summed E-state index contributed by atoms with van der Waals surface area (Å²) in [6, 6.07) is 0. The number of nitrogens with two attached hydrogens (primary N) is 1. The van der Waals surface area contributed by atoms with Crippen molar-refractivity contribution in [2.24, 2.45) is 16.6 Å². The Morgan fingerprint density at radius 1 is 1.45 bits per heavy atom. The highest BCUT2D eigenvalue weighted by Crippen LogP contribution is 1.94. The van der Waals surface area contributed by atoms with Gasteiger partial charge in [0.05, 0.1) is 0 Å². The molecule has 0 fully saturated rings. The molecule has 0 aliphatic rings. The van der Waals surface area contributed by atoms with Gasteiger partial charge in [0.15, 0.2) is 0 Å². The SMILES string of the molecule is COC(C)C(N)=NCC(C)C. The molecule has 0 bridgehead atoms. The number of amidine groups is 1. The van der Waals surface area contributed by atoms with E-state index in [2.05, 4.69) is 18.8 Å². The Morgan fingerprint density at radius 2 is 2.00 bits per heavy atom. The number of aliphatic imine (C=N–C) groups is 1. The maximum absolute atomic E-state index is 5.60. The maximum atomic E-state index is 5.60. The van der Waals surface area contributed by atoms with Crippen molar-refractivity contribution in [1.29, 1.82) is 0 Å². The van der Waals surface area contributed by atoms with Crippen LogP contribution in [0.5, 0.6) is 0 Å². The zero-order chi connectivity index (χ0) is 8.85. The molecule has 66 valence electrons. The maximum Gasteiger partial charge on any atom is 0.123 e. The minimum atomic E-state index is -0.0613. The van der Waals surface area contributed by atoms with E-state index in [1.807, 2.05) is 6.92 Å². The van der Waals surface area contributed by atoms with E-state index >= 15 is 0 Å². The van der Waals surface area contributed by atoms with Crippen molar-refractivity contribution in [2.45, 2.75) is 26.9 Å². The van der Waals surface area contributed by atoms with Gasteiger partial charge in [-0.2, -0.15) is 0 Å². The molecule has 0 aliphatic carbocycles. The summed E-state index contributed by atoms with van der Waals surface area (Å²) in [5, 5.41) is 0. The first-order valence-corrected chi connectivity index (χ1v) is 3.90. The summed E-state index contributed by atoms with van der Waals surface area (Å²) in [5.41, 5.74) is 5.60. The van der Waals surface area contributed by atoms with Crippen LogP contribution in [-0.4, -0.2) is 25.6 Å². The highest BCUT2D eigenvalue weighted by molar-refractivity contribution is 5.84. The molecule has 2 N–H and O–H groups in total. The standard InChI is InChI=1S/C8H18N2O/c1-6(2)5-10-8(9)7(3)11-4/h6-7H,5H2,1-4H3,(H2,9,10). The molecule has 0 aliphatic heterocycles. The average Bonchev–Trinajstić information content (AvgIpc) is 1.98. The van der Waals surface area contributed by atoms with E-state index in [0.29, 0.717) is 11.8 Å². The second-order valence-corrected chi connectivity index (χ2v) is 3.04. The van der Waals surface area contributed by atoms with Crippen molar-refractivity contribution in [3.8, 4) is 0 Å². The molecule has 0 radical (unpaired) electrons. The Morgan fingerprint density at radius 3 is 2.36 bits per heavy atom. The fraction of sp³-hybridized carbons (Fsp3) is 0.875. The first-order valence-electron chi connectivity index (χ1n) is 3.90. The van der Waals surface area contributed by atoms with Gasteiger partial charge in [-0.15, -0.1) is 0 Å². The Hall–Kier alpha value is -0.570. The minimum absolute atomic E-state index is 0.0613. The second kappa shape index (κ2) is 5.13. The molecule has 11 heavy (non-hydrogen) atoms. The lowest BCUT2D eigenvalue weighted by Gasteiger charge is -2.08.